The quantitative estimate of drug-likeness (QED) is 0.757. The first-order valence-electron chi connectivity index (χ1n) is 6.37. The summed E-state index contributed by atoms with van der Waals surface area (Å²) in [6.45, 7) is -0.265. The van der Waals surface area contributed by atoms with Crippen LogP contribution in [0.5, 0.6) is 0 Å². The molecule has 0 aromatic carbocycles. The lowest BCUT2D eigenvalue weighted by atomic mass is 9.95. The van der Waals surface area contributed by atoms with Gasteiger partial charge in [-0.05, 0) is 31.2 Å². The van der Waals surface area contributed by atoms with Crippen molar-refractivity contribution in [3.63, 3.8) is 0 Å². The SMILES string of the molecule is O=C(N[C@@H](CCO)C(=O)O)c1csc2c1CCCC2. The number of carbonyl (C=O) groups excluding carboxylic acids is 1. The number of thiophene rings is 1. The highest BCUT2D eigenvalue weighted by Crippen LogP contribution is 2.30. The minimum absolute atomic E-state index is 0.0212. The third kappa shape index (κ3) is 3.13. The second-order valence-corrected chi connectivity index (χ2v) is 5.60. The zero-order valence-corrected chi connectivity index (χ0v) is 11.3. The van der Waals surface area contributed by atoms with E-state index in [9.17, 15) is 9.59 Å². The number of carboxylic acid groups (broad SMARTS) is 1. The molecule has 1 amide bonds. The number of aliphatic carboxylic acids is 1. The van der Waals surface area contributed by atoms with Gasteiger partial charge < -0.3 is 15.5 Å². The van der Waals surface area contributed by atoms with Crippen LogP contribution in [-0.2, 0) is 17.6 Å². The number of hydrogen-bond donors (Lipinski definition) is 3. The zero-order valence-electron chi connectivity index (χ0n) is 10.5. The van der Waals surface area contributed by atoms with Crippen molar-refractivity contribution in [3.8, 4) is 0 Å². The molecule has 5 nitrogen and oxygen atoms in total. The molecule has 0 saturated heterocycles. The summed E-state index contributed by atoms with van der Waals surface area (Å²) in [6, 6.07) is -1.03. The van der Waals surface area contributed by atoms with Gasteiger partial charge in [0, 0.05) is 23.3 Å². The van der Waals surface area contributed by atoms with Crippen molar-refractivity contribution < 1.29 is 19.8 Å². The van der Waals surface area contributed by atoms with E-state index < -0.39 is 12.0 Å². The average Bonchev–Trinajstić information content (AvgIpc) is 2.81. The van der Waals surface area contributed by atoms with Crippen molar-refractivity contribution in [2.45, 2.75) is 38.1 Å². The Hall–Kier alpha value is -1.40. The summed E-state index contributed by atoms with van der Waals surface area (Å²) in [5.41, 5.74) is 1.67. The first-order chi connectivity index (χ1) is 9.13. The molecule has 0 unspecified atom stereocenters. The molecule has 0 fully saturated rings. The van der Waals surface area contributed by atoms with Crippen LogP contribution in [0.1, 0.15) is 40.1 Å². The second kappa shape index (κ2) is 6.16. The second-order valence-electron chi connectivity index (χ2n) is 4.63. The average molecular weight is 283 g/mol. The number of aliphatic hydroxyl groups excluding tert-OH is 1. The van der Waals surface area contributed by atoms with E-state index >= 15 is 0 Å². The normalized spacial score (nSPS) is 15.6. The van der Waals surface area contributed by atoms with Crippen LogP contribution < -0.4 is 5.32 Å². The zero-order chi connectivity index (χ0) is 13.8. The maximum absolute atomic E-state index is 12.1. The Labute approximate surface area is 115 Å². The molecule has 0 radical (unpaired) electrons. The number of nitrogens with one attached hydrogen (secondary N) is 1. The Morgan fingerprint density at radius 2 is 2.11 bits per heavy atom. The van der Waals surface area contributed by atoms with Gasteiger partial charge in [-0.3, -0.25) is 4.79 Å². The maximum atomic E-state index is 12.1. The van der Waals surface area contributed by atoms with Crippen molar-refractivity contribution in [2.75, 3.05) is 6.61 Å². The molecule has 19 heavy (non-hydrogen) atoms. The lowest BCUT2D eigenvalue weighted by molar-refractivity contribution is -0.139. The Bertz CT molecular complexity index is 483. The van der Waals surface area contributed by atoms with E-state index in [1.807, 2.05) is 5.38 Å². The summed E-state index contributed by atoms with van der Waals surface area (Å²) >= 11 is 1.57. The standard InChI is InChI=1S/C13H17NO4S/c15-6-5-10(13(17)18)14-12(16)9-7-19-11-4-2-1-3-8(9)11/h7,10,15H,1-6H2,(H,14,16)(H,17,18)/t10-/m0/s1. The van der Waals surface area contributed by atoms with E-state index in [-0.39, 0.29) is 18.9 Å². The van der Waals surface area contributed by atoms with Crippen LogP contribution >= 0.6 is 11.3 Å². The molecule has 1 aliphatic carbocycles. The number of aliphatic hydroxyl groups is 1. The van der Waals surface area contributed by atoms with Crippen molar-refractivity contribution in [2.24, 2.45) is 0 Å². The largest absolute Gasteiger partial charge is 0.480 e. The van der Waals surface area contributed by atoms with Gasteiger partial charge in [-0.1, -0.05) is 0 Å². The maximum Gasteiger partial charge on any atom is 0.326 e. The molecule has 104 valence electrons. The number of fused-ring (bicyclic) bond motifs is 1. The summed E-state index contributed by atoms with van der Waals surface area (Å²) in [5.74, 6) is -1.47. The lowest BCUT2D eigenvalue weighted by Gasteiger charge is -2.15. The molecule has 0 bridgehead atoms. The molecular formula is C13H17NO4S. The lowest BCUT2D eigenvalue weighted by Crippen LogP contribution is -2.41. The minimum Gasteiger partial charge on any atom is -0.480 e. The topological polar surface area (TPSA) is 86.6 Å². The minimum atomic E-state index is -1.12. The molecule has 0 aliphatic heterocycles. The highest BCUT2D eigenvalue weighted by Gasteiger charge is 2.24. The molecule has 0 spiro atoms. The van der Waals surface area contributed by atoms with Crippen LogP contribution in [0.4, 0.5) is 0 Å². The Kier molecular flexibility index (Phi) is 4.55. The van der Waals surface area contributed by atoms with Crippen LogP contribution in [0.2, 0.25) is 0 Å². The number of amides is 1. The highest BCUT2D eigenvalue weighted by molar-refractivity contribution is 7.10. The fourth-order valence-corrected chi connectivity index (χ4v) is 3.43. The van der Waals surface area contributed by atoms with Crippen LogP contribution in [0.15, 0.2) is 5.38 Å². The summed E-state index contributed by atoms with van der Waals surface area (Å²) in [6.07, 6.45) is 4.14. The molecule has 1 heterocycles. The Morgan fingerprint density at radius 1 is 1.37 bits per heavy atom. The van der Waals surface area contributed by atoms with E-state index in [2.05, 4.69) is 5.32 Å². The number of carbonyl (C=O) groups is 2. The molecule has 0 saturated carbocycles. The number of hydrogen-bond acceptors (Lipinski definition) is 4. The molecule has 1 atom stereocenters. The predicted octanol–water partition coefficient (Wildman–Crippen LogP) is 1.19. The van der Waals surface area contributed by atoms with Gasteiger partial charge in [-0.25, -0.2) is 4.79 Å². The van der Waals surface area contributed by atoms with Gasteiger partial charge in [0.05, 0.1) is 5.56 Å². The molecule has 1 aromatic rings. The smallest absolute Gasteiger partial charge is 0.326 e. The monoisotopic (exact) mass is 283 g/mol. The van der Waals surface area contributed by atoms with Gasteiger partial charge in [-0.15, -0.1) is 11.3 Å². The molecule has 6 heteroatoms. The Morgan fingerprint density at radius 3 is 2.79 bits per heavy atom. The summed E-state index contributed by atoms with van der Waals surface area (Å²) < 4.78 is 0. The van der Waals surface area contributed by atoms with E-state index in [4.69, 9.17) is 10.2 Å². The molecule has 1 aromatic heterocycles. The summed E-state index contributed by atoms with van der Waals surface area (Å²) in [5, 5.41) is 22.1. The van der Waals surface area contributed by atoms with Crippen molar-refractivity contribution in [3.05, 3.63) is 21.4 Å². The van der Waals surface area contributed by atoms with E-state index in [1.54, 1.807) is 11.3 Å². The summed E-state index contributed by atoms with van der Waals surface area (Å²) in [4.78, 5) is 24.3. The molecule has 1 aliphatic rings. The third-order valence-electron chi connectivity index (χ3n) is 3.33. The van der Waals surface area contributed by atoms with Crippen LogP contribution in [0.25, 0.3) is 0 Å². The number of rotatable bonds is 5. The number of carboxylic acids is 1. The van der Waals surface area contributed by atoms with Gasteiger partial charge in [0.1, 0.15) is 6.04 Å². The fraction of sp³-hybridized carbons (Fsp3) is 0.538. The van der Waals surface area contributed by atoms with Crippen LogP contribution in [0, 0.1) is 0 Å². The van der Waals surface area contributed by atoms with Gasteiger partial charge in [-0.2, -0.15) is 0 Å². The van der Waals surface area contributed by atoms with Crippen LogP contribution in [-0.4, -0.2) is 34.7 Å². The Balaban J connectivity index is 2.11. The van der Waals surface area contributed by atoms with Gasteiger partial charge in [0.15, 0.2) is 0 Å². The van der Waals surface area contributed by atoms with Crippen molar-refractivity contribution in [1.82, 2.24) is 5.32 Å². The first kappa shape index (κ1) is 14.0. The van der Waals surface area contributed by atoms with Gasteiger partial charge in [0.25, 0.3) is 5.91 Å². The third-order valence-corrected chi connectivity index (χ3v) is 4.42. The summed E-state index contributed by atoms with van der Waals surface area (Å²) in [7, 11) is 0. The van der Waals surface area contributed by atoms with Crippen molar-refractivity contribution in [1.29, 1.82) is 0 Å². The van der Waals surface area contributed by atoms with Gasteiger partial charge in [0.2, 0.25) is 0 Å². The van der Waals surface area contributed by atoms with E-state index in [0.717, 1.165) is 31.2 Å². The van der Waals surface area contributed by atoms with E-state index in [0.29, 0.717) is 5.56 Å². The van der Waals surface area contributed by atoms with Crippen LogP contribution in [0.3, 0.4) is 0 Å². The number of aryl methyl sites for hydroxylation is 1. The predicted molar refractivity (Wildman–Crippen MR) is 71.6 cm³/mol. The fourth-order valence-electron chi connectivity index (χ4n) is 2.31. The molecule has 3 N–H and O–H groups in total. The van der Waals surface area contributed by atoms with E-state index in [1.165, 1.54) is 4.88 Å². The van der Waals surface area contributed by atoms with Gasteiger partial charge >= 0.3 is 5.97 Å². The first-order valence-corrected chi connectivity index (χ1v) is 7.25. The molecular weight excluding hydrogens is 266 g/mol. The molecule has 2 rings (SSSR count). The van der Waals surface area contributed by atoms with Crippen molar-refractivity contribution >= 4 is 23.2 Å². The highest BCUT2D eigenvalue weighted by atomic mass is 32.1.